The average Bonchev–Trinajstić information content (AvgIpc) is 3.71. The first-order valence-electron chi connectivity index (χ1n) is 12.9. The fourth-order valence-corrected chi connectivity index (χ4v) is 3.79. The van der Waals surface area contributed by atoms with Crippen molar-refractivity contribution >= 4 is 23.6 Å². The molecule has 3 aromatic carbocycles. The number of nitrogens with one attached hydrogen (secondary N) is 1. The minimum Gasteiger partial charge on any atom is -0.496 e. The number of nitrogens with zero attached hydrogens (tertiary/aromatic N) is 6. The van der Waals surface area contributed by atoms with E-state index in [9.17, 15) is 0 Å². The van der Waals surface area contributed by atoms with Gasteiger partial charge in [0.2, 0.25) is 0 Å². The topological polar surface area (TPSA) is 152 Å². The van der Waals surface area contributed by atoms with Gasteiger partial charge in [0.15, 0.2) is 17.6 Å². The maximum Gasteiger partial charge on any atom is 0.288 e. The Morgan fingerprint density at radius 2 is 1.31 bits per heavy atom. The molecule has 0 radical (unpaired) electrons. The van der Waals surface area contributed by atoms with Crippen LogP contribution < -0.4 is 26.3 Å². The molecule has 5 aromatic rings. The zero-order chi connectivity index (χ0) is 29.7. The van der Waals surface area contributed by atoms with Crippen LogP contribution in [0.4, 0.5) is 11.6 Å². The van der Waals surface area contributed by atoms with Crippen LogP contribution in [0, 0.1) is 0 Å². The van der Waals surface area contributed by atoms with Gasteiger partial charge < -0.3 is 31.0 Å². The molecule has 0 amide bonds. The van der Waals surface area contributed by atoms with Crippen molar-refractivity contribution in [3.05, 3.63) is 109 Å². The summed E-state index contributed by atoms with van der Waals surface area (Å²) >= 11 is 0. The van der Waals surface area contributed by atoms with E-state index in [-0.39, 0.29) is 12.0 Å². The van der Waals surface area contributed by atoms with Gasteiger partial charge >= 0.3 is 0 Å². The summed E-state index contributed by atoms with van der Waals surface area (Å²) in [4.78, 5) is 8.33. The average molecular weight is 568 g/mol. The van der Waals surface area contributed by atoms with Crippen molar-refractivity contribution in [1.82, 2.24) is 19.6 Å². The maximum atomic E-state index is 5.99. The number of guanidine groups is 1. The lowest BCUT2D eigenvalue weighted by Crippen LogP contribution is -2.23. The smallest absolute Gasteiger partial charge is 0.288 e. The lowest BCUT2D eigenvalue weighted by atomic mass is 10.2. The number of aliphatic imine (C=N–C) groups is 2. The number of para-hydroxylation sites is 2. The van der Waals surface area contributed by atoms with Gasteiger partial charge in [-0.3, -0.25) is 0 Å². The maximum absolute atomic E-state index is 5.99. The molecule has 5 rings (SSSR count). The Hall–Kier alpha value is -5.78. The third-order valence-electron chi connectivity index (χ3n) is 5.83. The Bertz CT molecular complexity index is 1590. The quantitative estimate of drug-likeness (QED) is 0.186. The summed E-state index contributed by atoms with van der Waals surface area (Å²) in [6.45, 7) is 0.325. The zero-order valence-electron chi connectivity index (χ0n) is 23.6. The SMILES string of the molecule is COC(N)=Nc1ccn(-c2ccccc2)n1.COc1cccc(OC)c1CN=C(N)Nc1ccn(-c2ccccc2)n1. The van der Waals surface area contributed by atoms with E-state index in [1.165, 1.54) is 7.11 Å². The van der Waals surface area contributed by atoms with Gasteiger partial charge in [-0.05, 0) is 36.4 Å². The molecule has 0 aliphatic rings. The van der Waals surface area contributed by atoms with Crippen molar-refractivity contribution in [2.75, 3.05) is 26.6 Å². The highest BCUT2D eigenvalue weighted by Gasteiger charge is 2.10. The number of nitrogens with two attached hydrogens (primary N) is 2. The number of hydrogen-bond donors (Lipinski definition) is 3. The molecular weight excluding hydrogens is 534 g/mol. The largest absolute Gasteiger partial charge is 0.496 e. The van der Waals surface area contributed by atoms with Gasteiger partial charge in [0.05, 0.1) is 44.8 Å². The van der Waals surface area contributed by atoms with Crippen LogP contribution in [0.2, 0.25) is 0 Å². The molecule has 12 nitrogen and oxygen atoms in total. The number of amidine groups is 1. The van der Waals surface area contributed by atoms with Gasteiger partial charge in [-0.15, -0.1) is 5.10 Å². The number of anilines is 1. The van der Waals surface area contributed by atoms with Gasteiger partial charge in [-0.1, -0.05) is 42.5 Å². The normalized spacial score (nSPS) is 11.3. The minimum atomic E-state index is 0.0957. The standard InChI is InChI=1S/C19H21N5O2.C11H12N4O/c1-25-16-9-6-10-17(26-2)15(16)13-21-19(20)22-18-11-12-24(23-18)14-7-4-3-5-8-14;1-16-11(12)13-10-7-8-15(14-10)9-5-3-2-4-6-9/h3-12H,13H2,1-2H3,(H3,20,21,22,23);2-8H,1H3,(H2,12,13,14). The molecule has 42 heavy (non-hydrogen) atoms. The summed E-state index contributed by atoms with van der Waals surface area (Å²) in [5, 5.41) is 11.7. The second-order valence-electron chi connectivity index (χ2n) is 8.56. The van der Waals surface area contributed by atoms with E-state index in [0.717, 1.165) is 16.9 Å². The Labute approximate surface area is 243 Å². The highest BCUT2D eigenvalue weighted by atomic mass is 16.5. The van der Waals surface area contributed by atoms with Crippen molar-refractivity contribution in [3.63, 3.8) is 0 Å². The molecule has 0 saturated carbocycles. The summed E-state index contributed by atoms with van der Waals surface area (Å²) in [5.74, 6) is 2.80. The second-order valence-corrected chi connectivity index (χ2v) is 8.56. The first-order valence-corrected chi connectivity index (χ1v) is 12.9. The first-order chi connectivity index (χ1) is 20.5. The Morgan fingerprint density at radius 1 is 0.738 bits per heavy atom. The summed E-state index contributed by atoms with van der Waals surface area (Å²) in [5.41, 5.74) is 14.2. The van der Waals surface area contributed by atoms with Crippen molar-refractivity contribution in [2.45, 2.75) is 6.54 Å². The van der Waals surface area contributed by atoms with E-state index in [1.54, 1.807) is 29.6 Å². The van der Waals surface area contributed by atoms with E-state index in [4.69, 9.17) is 25.7 Å². The van der Waals surface area contributed by atoms with Crippen LogP contribution in [-0.2, 0) is 11.3 Å². The third-order valence-corrected chi connectivity index (χ3v) is 5.83. The van der Waals surface area contributed by atoms with Crippen LogP contribution in [0.3, 0.4) is 0 Å². The minimum absolute atomic E-state index is 0.0957. The number of aromatic nitrogens is 4. The molecule has 0 atom stereocenters. The molecule has 0 bridgehead atoms. The molecule has 12 heteroatoms. The first kappa shape index (κ1) is 29.2. The predicted octanol–water partition coefficient (Wildman–Crippen LogP) is 4.28. The van der Waals surface area contributed by atoms with Gasteiger partial charge in [0.25, 0.3) is 6.02 Å². The molecule has 0 spiro atoms. The lowest BCUT2D eigenvalue weighted by Gasteiger charge is -2.11. The van der Waals surface area contributed by atoms with E-state index in [2.05, 4.69) is 25.5 Å². The van der Waals surface area contributed by atoms with Crippen molar-refractivity contribution < 1.29 is 14.2 Å². The molecule has 0 aliphatic carbocycles. The van der Waals surface area contributed by atoms with E-state index >= 15 is 0 Å². The summed E-state index contributed by atoms with van der Waals surface area (Å²) in [7, 11) is 4.69. The summed E-state index contributed by atoms with van der Waals surface area (Å²) in [6, 6.07) is 28.9. The third kappa shape index (κ3) is 7.88. The predicted molar refractivity (Wildman–Crippen MR) is 164 cm³/mol. The second kappa shape index (κ2) is 14.6. The molecule has 5 N–H and O–H groups in total. The lowest BCUT2D eigenvalue weighted by molar-refractivity contribution is 0.385. The summed E-state index contributed by atoms with van der Waals surface area (Å²) in [6.07, 6.45) is 3.67. The van der Waals surface area contributed by atoms with Gasteiger partial charge in [-0.25, -0.2) is 14.4 Å². The van der Waals surface area contributed by atoms with E-state index in [1.807, 2.05) is 97.3 Å². The van der Waals surface area contributed by atoms with Crippen LogP contribution in [0.5, 0.6) is 11.5 Å². The Kier molecular flexibility index (Phi) is 10.1. The van der Waals surface area contributed by atoms with Crippen LogP contribution in [0.1, 0.15) is 5.56 Å². The molecule has 216 valence electrons. The molecule has 0 saturated heterocycles. The molecule has 0 fully saturated rings. The van der Waals surface area contributed by atoms with E-state index < -0.39 is 0 Å². The molecule has 2 heterocycles. The van der Waals surface area contributed by atoms with Gasteiger partial charge in [0.1, 0.15) is 11.5 Å². The van der Waals surface area contributed by atoms with Crippen molar-refractivity contribution in [1.29, 1.82) is 0 Å². The van der Waals surface area contributed by atoms with Gasteiger partial charge in [0, 0.05) is 24.5 Å². The molecular formula is C30H33N9O3. The summed E-state index contributed by atoms with van der Waals surface area (Å²) < 4.78 is 19.0. The Morgan fingerprint density at radius 3 is 1.88 bits per heavy atom. The number of ether oxygens (including phenoxy) is 3. The zero-order valence-corrected chi connectivity index (χ0v) is 23.6. The molecule has 2 aromatic heterocycles. The van der Waals surface area contributed by atoms with Crippen LogP contribution in [0.15, 0.2) is 113 Å². The highest BCUT2D eigenvalue weighted by molar-refractivity contribution is 5.91. The fourth-order valence-electron chi connectivity index (χ4n) is 3.79. The van der Waals surface area contributed by atoms with Crippen LogP contribution in [-0.4, -0.2) is 52.9 Å². The van der Waals surface area contributed by atoms with E-state index in [0.29, 0.717) is 29.7 Å². The number of methoxy groups -OCH3 is 3. The van der Waals surface area contributed by atoms with Crippen LogP contribution in [0.25, 0.3) is 11.4 Å². The highest BCUT2D eigenvalue weighted by Crippen LogP contribution is 2.28. The van der Waals surface area contributed by atoms with Crippen molar-refractivity contribution in [2.24, 2.45) is 21.5 Å². The number of benzene rings is 3. The fraction of sp³-hybridized carbons (Fsp3) is 0.133. The monoisotopic (exact) mass is 567 g/mol. The van der Waals surface area contributed by atoms with Gasteiger partial charge in [-0.2, -0.15) is 10.1 Å². The van der Waals surface area contributed by atoms with Crippen molar-refractivity contribution in [3.8, 4) is 22.9 Å². The molecule has 0 unspecified atom stereocenters. The van der Waals surface area contributed by atoms with Crippen LogP contribution >= 0.6 is 0 Å². The molecule has 0 aliphatic heterocycles. The number of rotatable bonds is 8. The Balaban J connectivity index is 0.000000216. The number of hydrogen-bond acceptors (Lipinski definition) is 7.